The van der Waals surface area contributed by atoms with Crippen molar-refractivity contribution in [3.63, 3.8) is 0 Å². The molecule has 0 radical (unpaired) electrons. The van der Waals surface area contributed by atoms with Crippen LogP contribution in [0.1, 0.15) is 36.5 Å². The highest BCUT2D eigenvalue weighted by Gasteiger charge is 2.42. The quantitative estimate of drug-likeness (QED) is 0.522. The molecule has 2 aliphatic rings. The number of H-pyrrole nitrogens is 1. The first kappa shape index (κ1) is 24.5. The second-order valence-electron chi connectivity index (χ2n) is 9.67. The minimum atomic E-state index is -0.924. The first-order valence-electron chi connectivity index (χ1n) is 12.4. The van der Waals surface area contributed by atoms with Gasteiger partial charge in [0.2, 0.25) is 11.8 Å². The second-order valence-corrected chi connectivity index (χ2v) is 9.67. The number of morpholine rings is 1. The number of nitrogens with one attached hydrogen (secondary N) is 2. The third-order valence-corrected chi connectivity index (χ3v) is 6.65. The molecule has 2 aromatic carbocycles. The van der Waals surface area contributed by atoms with E-state index in [1.807, 2.05) is 24.3 Å². The predicted molar refractivity (Wildman–Crippen MR) is 137 cm³/mol. The molecule has 0 bridgehead atoms. The lowest BCUT2D eigenvalue weighted by atomic mass is 9.78. The number of benzene rings is 2. The predicted octanol–water partition coefficient (Wildman–Crippen LogP) is 4.75. The molecule has 5 rings (SSSR count). The molecule has 2 aliphatic heterocycles. The van der Waals surface area contributed by atoms with E-state index in [-0.39, 0.29) is 11.8 Å². The topological polar surface area (TPSA) is 124 Å². The molecular weight excluding hydrogens is 470 g/mol. The van der Waals surface area contributed by atoms with E-state index in [1.165, 1.54) is 5.56 Å². The van der Waals surface area contributed by atoms with Gasteiger partial charge in [0.15, 0.2) is 0 Å². The summed E-state index contributed by atoms with van der Waals surface area (Å²) in [6.45, 7) is 6.19. The monoisotopic (exact) mass is 499 g/mol. The standard InChI is InChI=1S/C28H29N5O4/c1-17(2)15-18-7-9-19(10-8-18)25-24-23(21(16-29)26(30)37-27(24)32-31-25)20-5-3-4-6-22(20)36-28(34)33-11-13-35-14-12-33/h3-10,17,21,23,30H,11-15H2,1-2H3,(H,31,32). The van der Waals surface area contributed by atoms with Gasteiger partial charge >= 0.3 is 6.09 Å². The summed E-state index contributed by atoms with van der Waals surface area (Å²) in [5, 5.41) is 25.9. The molecule has 37 heavy (non-hydrogen) atoms. The number of ether oxygens (including phenoxy) is 3. The summed E-state index contributed by atoms with van der Waals surface area (Å²) in [7, 11) is 0. The van der Waals surface area contributed by atoms with E-state index in [2.05, 4.69) is 42.2 Å². The lowest BCUT2D eigenvalue weighted by Gasteiger charge is -2.30. The number of nitriles is 1. The molecule has 2 N–H and O–H groups in total. The Kier molecular flexibility index (Phi) is 6.93. The highest BCUT2D eigenvalue weighted by atomic mass is 16.6. The molecule has 1 aromatic heterocycles. The van der Waals surface area contributed by atoms with Gasteiger partial charge in [0.05, 0.1) is 30.5 Å². The summed E-state index contributed by atoms with van der Waals surface area (Å²) in [6, 6.07) is 17.6. The number of amides is 1. The molecule has 2 atom stereocenters. The van der Waals surface area contributed by atoms with Crippen molar-refractivity contribution in [2.75, 3.05) is 26.3 Å². The van der Waals surface area contributed by atoms with Crippen LogP contribution in [-0.4, -0.2) is 53.4 Å². The van der Waals surface area contributed by atoms with Crippen LogP contribution in [0.3, 0.4) is 0 Å². The molecule has 1 fully saturated rings. The highest BCUT2D eigenvalue weighted by molar-refractivity contribution is 5.87. The molecule has 9 nitrogen and oxygen atoms in total. The third-order valence-electron chi connectivity index (χ3n) is 6.65. The summed E-state index contributed by atoms with van der Waals surface area (Å²) in [4.78, 5) is 14.5. The fourth-order valence-corrected chi connectivity index (χ4v) is 4.89. The van der Waals surface area contributed by atoms with Crippen molar-refractivity contribution in [1.29, 1.82) is 10.7 Å². The molecule has 0 saturated carbocycles. The molecular formula is C28H29N5O4. The molecule has 2 unspecified atom stereocenters. The minimum Gasteiger partial charge on any atom is -0.422 e. The Hall–Kier alpha value is -4.16. The van der Waals surface area contributed by atoms with Crippen molar-refractivity contribution in [2.24, 2.45) is 11.8 Å². The number of aromatic nitrogens is 2. The molecule has 1 amide bonds. The van der Waals surface area contributed by atoms with Crippen LogP contribution < -0.4 is 9.47 Å². The Labute approximate surface area is 215 Å². The second kappa shape index (κ2) is 10.4. The van der Waals surface area contributed by atoms with Gasteiger partial charge in [-0.3, -0.25) is 10.5 Å². The molecule has 3 aromatic rings. The van der Waals surface area contributed by atoms with Crippen LogP contribution in [0.4, 0.5) is 4.79 Å². The van der Waals surface area contributed by atoms with Gasteiger partial charge in [-0.25, -0.2) is 4.79 Å². The molecule has 1 saturated heterocycles. The number of hydrogen-bond acceptors (Lipinski definition) is 7. The van der Waals surface area contributed by atoms with Gasteiger partial charge in [-0.15, -0.1) is 5.10 Å². The fraction of sp³-hybridized carbons (Fsp3) is 0.357. The van der Waals surface area contributed by atoms with E-state index >= 15 is 0 Å². The zero-order valence-corrected chi connectivity index (χ0v) is 20.9. The van der Waals surface area contributed by atoms with Gasteiger partial charge in [0.1, 0.15) is 11.7 Å². The van der Waals surface area contributed by atoms with Crippen LogP contribution in [-0.2, 0) is 11.2 Å². The van der Waals surface area contributed by atoms with Crippen molar-refractivity contribution in [3.05, 3.63) is 65.2 Å². The first-order chi connectivity index (χ1) is 18.0. The zero-order chi connectivity index (χ0) is 25.9. The summed E-state index contributed by atoms with van der Waals surface area (Å²) in [5.41, 5.74) is 4.11. The van der Waals surface area contributed by atoms with Gasteiger partial charge in [0.25, 0.3) is 0 Å². The number of carbonyl (C=O) groups is 1. The lowest BCUT2D eigenvalue weighted by Crippen LogP contribution is -2.42. The maximum absolute atomic E-state index is 12.9. The average molecular weight is 500 g/mol. The summed E-state index contributed by atoms with van der Waals surface area (Å²) < 4.78 is 16.8. The van der Waals surface area contributed by atoms with Crippen molar-refractivity contribution in [1.82, 2.24) is 15.1 Å². The van der Waals surface area contributed by atoms with Crippen molar-refractivity contribution < 1.29 is 19.0 Å². The van der Waals surface area contributed by atoms with Gasteiger partial charge in [0, 0.05) is 24.6 Å². The number of nitrogens with zero attached hydrogens (tertiary/aromatic N) is 3. The Balaban J connectivity index is 1.55. The maximum Gasteiger partial charge on any atom is 0.415 e. The molecule has 190 valence electrons. The average Bonchev–Trinajstić information content (AvgIpc) is 3.32. The van der Waals surface area contributed by atoms with E-state index in [1.54, 1.807) is 17.0 Å². The summed E-state index contributed by atoms with van der Waals surface area (Å²) in [5.74, 6) is -0.616. The fourth-order valence-electron chi connectivity index (χ4n) is 4.89. The normalized spacial score (nSPS) is 19.2. The summed E-state index contributed by atoms with van der Waals surface area (Å²) in [6.07, 6.45) is 0.502. The van der Waals surface area contributed by atoms with E-state index in [9.17, 15) is 10.1 Å². The van der Waals surface area contributed by atoms with E-state index in [4.69, 9.17) is 19.6 Å². The molecule has 9 heteroatoms. The summed E-state index contributed by atoms with van der Waals surface area (Å²) >= 11 is 0. The number of para-hydroxylation sites is 1. The third kappa shape index (κ3) is 4.93. The smallest absolute Gasteiger partial charge is 0.415 e. The van der Waals surface area contributed by atoms with Crippen LogP contribution >= 0.6 is 0 Å². The van der Waals surface area contributed by atoms with E-state index < -0.39 is 17.9 Å². The van der Waals surface area contributed by atoms with Crippen LogP contribution in [0.2, 0.25) is 0 Å². The molecule has 0 aliphatic carbocycles. The minimum absolute atomic E-state index is 0.195. The van der Waals surface area contributed by atoms with Crippen molar-refractivity contribution in [2.45, 2.75) is 26.2 Å². The van der Waals surface area contributed by atoms with E-state index in [0.717, 1.165) is 12.0 Å². The van der Waals surface area contributed by atoms with Crippen LogP contribution in [0.25, 0.3) is 11.3 Å². The number of rotatable bonds is 5. The number of carbonyl (C=O) groups excluding carboxylic acids is 1. The van der Waals surface area contributed by atoms with Gasteiger partial charge < -0.3 is 19.1 Å². The number of aromatic amines is 1. The molecule has 0 spiro atoms. The SMILES string of the molecule is CC(C)Cc1ccc(-c2[nH]nc3c2C(c2ccccc2OC(=O)N2CCOCC2)C(C#N)C(=N)O3)cc1. The van der Waals surface area contributed by atoms with Crippen LogP contribution in [0.15, 0.2) is 48.5 Å². The Morgan fingerprint density at radius 1 is 1.22 bits per heavy atom. The van der Waals surface area contributed by atoms with Crippen molar-refractivity contribution >= 4 is 12.0 Å². The van der Waals surface area contributed by atoms with E-state index in [0.29, 0.717) is 54.8 Å². The number of fused-ring (bicyclic) bond motifs is 1. The van der Waals surface area contributed by atoms with Crippen LogP contribution in [0, 0.1) is 28.6 Å². The first-order valence-corrected chi connectivity index (χ1v) is 12.4. The van der Waals surface area contributed by atoms with Crippen LogP contribution in [0.5, 0.6) is 11.6 Å². The Morgan fingerprint density at radius 3 is 2.65 bits per heavy atom. The van der Waals surface area contributed by atoms with Crippen molar-refractivity contribution in [3.8, 4) is 29.0 Å². The van der Waals surface area contributed by atoms with Gasteiger partial charge in [-0.2, -0.15) is 5.26 Å². The number of hydrogen-bond donors (Lipinski definition) is 2. The van der Waals surface area contributed by atoms with Gasteiger partial charge in [-0.1, -0.05) is 56.3 Å². The zero-order valence-electron chi connectivity index (χ0n) is 20.9. The lowest BCUT2D eigenvalue weighted by molar-refractivity contribution is 0.0415. The largest absolute Gasteiger partial charge is 0.422 e. The van der Waals surface area contributed by atoms with Gasteiger partial charge in [-0.05, 0) is 29.5 Å². The highest BCUT2D eigenvalue weighted by Crippen LogP contribution is 2.48. The maximum atomic E-state index is 12.9. The Morgan fingerprint density at radius 2 is 1.95 bits per heavy atom. The Bertz CT molecular complexity index is 1340. The molecule has 3 heterocycles.